The zero-order valence-electron chi connectivity index (χ0n) is 13.0. The second-order valence-corrected chi connectivity index (χ2v) is 6.39. The summed E-state index contributed by atoms with van der Waals surface area (Å²) < 4.78 is 38.9. The van der Waals surface area contributed by atoms with Gasteiger partial charge in [-0.25, -0.2) is 9.59 Å². The highest BCUT2D eigenvalue weighted by atomic mass is 32.2. The first-order chi connectivity index (χ1) is 11.7. The van der Waals surface area contributed by atoms with Gasteiger partial charge in [-0.15, -0.1) is 0 Å². The highest BCUT2D eigenvalue weighted by Gasteiger charge is 2.23. The monoisotopic (exact) mass is 375 g/mol. The lowest BCUT2D eigenvalue weighted by molar-refractivity contribution is -0.148. The van der Waals surface area contributed by atoms with E-state index in [0.29, 0.717) is 5.56 Å². The van der Waals surface area contributed by atoms with Crippen LogP contribution in [0.4, 0.5) is 4.79 Å². The Hall–Kier alpha value is -2.66. The van der Waals surface area contributed by atoms with Crippen LogP contribution in [-0.4, -0.2) is 54.5 Å². The molecule has 0 aromatic heterocycles. The van der Waals surface area contributed by atoms with Crippen LogP contribution in [-0.2, 0) is 35.8 Å². The average molecular weight is 375 g/mol. The molecular weight excluding hydrogens is 358 g/mol. The molecule has 0 heterocycles. The molecule has 1 rings (SSSR count). The number of ether oxygens (including phenoxy) is 2. The molecule has 0 saturated carbocycles. The van der Waals surface area contributed by atoms with Gasteiger partial charge in [-0.2, -0.15) is 8.42 Å². The fourth-order valence-corrected chi connectivity index (χ4v) is 1.97. The number of amides is 1. The number of hydrogen-bond donors (Lipinski definition) is 3. The van der Waals surface area contributed by atoms with E-state index in [4.69, 9.17) is 14.4 Å². The zero-order chi connectivity index (χ0) is 18.9. The first-order valence-corrected chi connectivity index (χ1v) is 8.59. The summed E-state index contributed by atoms with van der Waals surface area (Å²) in [4.78, 5) is 33.9. The van der Waals surface area contributed by atoms with Gasteiger partial charge in [-0.05, 0) is 5.56 Å². The molecule has 0 bridgehead atoms. The Balaban J connectivity index is 2.41. The van der Waals surface area contributed by atoms with E-state index in [2.05, 4.69) is 4.74 Å². The lowest BCUT2D eigenvalue weighted by Crippen LogP contribution is -2.44. The van der Waals surface area contributed by atoms with Gasteiger partial charge in [0.05, 0.1) is 12.2 Å². The van der Waals surface area contributed by atoms with Gasteiger partial charge in [-0.3, -0.25) is 9.35 Å². The molecular formula is C14H17NO9S. The number of hydrogen-bond acceptors (Lipinski definition) is 7. The highest BCUT2D eigenvalue weighted by molar-refractivity contribution is 7.85. The van der Waals surface area contributed by atoms with Gasteiger partial charge in [0.2, 0.25) is 0 Å². The molecule has 0 aliphatic carbocycles. The average Bonchev–Trinajstić information content (AvgIpc) is 2.55. The summed E-state index contributed by atoms with van der Waals surface area (Å²) in [6.45, 7) is -0.798. The number of benzene rings is 1. The van der Waals surface area contributed by atoms with E-state index in [-0.39, 0.29) is 6.61 Å². The van der Waals surface area contributed by atoms with Crippen LogP contribution in [0.1, 0.15) is 12.0 Å². The molecule has 1 amide bonds. The maximum Gasteiger partial charge on any atom is 0.408 e. The molecule has 1 atom stereocenters. The van der Waals surface area contributed by atoms with E-state index in [1.54, 1.807) is 30.3 Å². The highest BCUT2D eigenvalue weighted by Crippen LogP contribution is 2.01. The lowest BCUT2D eigenvalue weighted by atomic mass is 10.2. The normalized spacial score (nSPS) is 12.0. The number of alkyl carbamates (subject to hydrolysis) is 1. The van der Waals surface area contributed by atoms with E-state index >= 15 is 0 Å². The predicted octanol–water partition coefficient (Wildman–Crippen LogP) is 0.187. The molecule has 0 fully saturated rings. The molecule has 1 unspecified atom stereocenters. The standard InChI is InChI=1S/C14H17NO9S/c16-12(6-7-25(20,21)22)23-9-11(13(17)18)15-14(19)24-8-10-4-2-1-3-5-10/h1-5,11H,6-9H2,(H,15,19)(H,17,18)(H,20,21,22). The lowest BCUT2D eigenvalue weighted by Gasteiger charge is -2.14. The Morgan fingerprint density at radius 3 is 2.32 bits per heavy atom. The van der Waals surface area contributed by atoms with Gasteiger partial charge in [0, 0.05) is 0 Å². The number of carboxylic acid groups (broad SMARTS) is 1. The van der Waals surface area contributed by atoms with Crippen molar-refractivity contribution in [2.24, 2.45) is 0 Å². The molecule has 3 N–H and O–H groups in total. The first-order valence-electron chi connectivity index (χ1n) is 6.98. The molecule has 0 radical (unpaired) electrons. The Labute approximate surface area is 143 Å². The summed E-state index contributed by atoms with van der Waals surface area (Å²) in [5.74, 6) is -3.36. The van der Waals surface area contributed by atoms with Crippen LogP contribution in [0.3, 0.4) is 0 Å². The third-order valence-corrected chi connectivity index (χ3v) is 3.50. The topological polar surface area (TPSA) is 156 Å². The predicted molar refractivity (Wildman–Crippen MR) is 83.2 cm³/mol. The van der Waals surface area contributed by atoms with Crippen LogP contribution in [0.5, 0.6) is 0 Å². The number of carbonyl (C=O) groups excluding carboxylic acids is 2. The number of nitrogens with one attached hydrogen (secondary N) is 1. The smallest absolute Gasteiger partial charge is 0.408 e. The Morgan fingerprint density at radius 1 is 1.12 bits per heavy atom. The molecule has 0 aliphatic heterocycles. The van der Waals surface area contributed by atoms with Crippen molar-refractivity contribution in [1.82, 2.24) is 5.32 Å². The molecule has 11 heteroatoms. The van der Waals surface area contributed by atoms with Gasteiger partial charge >= 0.3 is 18.0 Å². The van der Waals surface area contributed by atoms with E-state index < -0.39 is 53.0 Å². The maximum atomic E-state index is 11.6. The summed E-state index contributed by atoms with van der Waals surface area (Å²) in [5, 5.41) is 11.0. The summed E-state index contributed by atoms with van der Waals surface area (Å²) in [5.41, 5.74) is 0.696. The first kappa shape index (κ1) is 20.4. The van der Waals surface area contributed by atoms with Crippen molar-refractivity contribution in [2.75, 3.05) is 12.4 Å². The van der Waals surface area contributed by atoms with E-state index in [1.807, 2.05) is 5.32 Å². The van der Waals surface area contributed by atoms with Crippen molar-refractivity contribution < 1.29 is 41.9 Å². The van der Waals surface area contributed by atoms with Gasteiger partial charge in [-0.1, -0.05) is 30.3 Å². The van der Waals surface area contributed by atoms with Crippen LogP contribution < -0.4 is 5.32 Å². The molecule has 10 nitrogen and oxygen atoms in total. The minimum Gasteiger partial charge on any atom is -0.480 e. The summed E-state index contributed by atoms with van der Waals surface area (Å²) in [6, 6.07) is 7.10. The number of aliphatic carboxylic acids is 1. The van der Waals surface area contributed by atoms with Crippen LogP contribution >= 0.6 is 0 Å². The van der Waals surface area contributed by atoms with Crippen molar-refractivity contribution in [3.05, 3.63) is 35.9 Å². The molecule has 138 valence electrons. The number of esters is 1. The minimum atomic E-state index is -4.33. The zero-order valence-corrected chi connectivity index (χ0v) is 13.8. The van der Waals surface area contributed by atoms with Gasteiger partial charge in [0.1, 0.15) is 13.2 Å². The Morgan fingerprint density at radius 2 is 1.76 bits per heavy atom. The van der Waals surface area contributed by atoms with Crippen molar-refractivity contribution in [2.45, 2.75) is 19.1 Å². The van der Waals surface area contributed by atoms with Crippen molar-refractivity contribution in [3.8, 4) is 0 Å². The van der Waals surface area contributed by atoms with E-state index in [0.717, 1.165) is 0 Å². The van der Waals surface area contributed by atoms with Crippen molar-refractivity contribution in [3.63, 3.8) is 0 Å². The maximum absolute atomic E-state index is 11.6. The van der Waals surface area contributed by atoms with Crippen LogP contribution in [0, 0.1) is 0 Å². The number of carbonyl (C=O) groups is 3. The Kier molecular flexibility index (Phi) is 7.82. The van der Waals surface area contributed by atoms with Crippen LogP contribution in [0.15, 0.2) is 30.3 Å². The van der Waals surface area contributed by atoms with Gasteiger partial charge in [0.25, 0.3) is 10.1 Å². The SMILES string of the molecule is O=C(CCS(=O)(=O)O)OCC(NC(=O)OCc1ccccc1)C(=O)O. The number of carboxylic acids is 1. The largest absolute Gasteiger partial charge is 0.480 e. The van der Waals surface area contributed by atoms with Gasteiger partial charge < -0.3 is 19.9 Å². The molecule has 25 heavy (non-hydrogen) atoms. The summed E-state index contributed by atoms with van der Waals surface area (Å²) in [7, 11) is -4.33. The van der Waals surface area contributed by atoms with Crippen LogP contribution in [0.25, 0.3) is 0 Å². The fourth-order valence-electron chi connectivity index (χ4n) is 1.54. The molecule has 0 saturated heterocycles. The molecule has 1 aromatic rings. The third-order valence-electron chi connectivity index (χ3n) is 2.78. The second-order valence-electron chi connectivity index (χ2n) is 4.82. The molecule has 0 spiro atoms. The second kappa shape index (κ2) is 9.59. The minimum absolute atomic E-state index is 0.0762. The van der Waals surface area contributed by atoms with E-state index in [1.165, 1.54) is 0 Å². The third kappa shape index (κ3) is 9.27. The van der Waals surface area contributed by atoms with Crippen LogP contribution in [0.2, 0.25) is 0 Å². The quantitative estimate of drug-likeness (QED) is 0.405. The van der Waals surface area contributed by atoms with Gasteiger partial charge in [0.15, 0.2) is 6.04 Å². The van der Waals surface area contributed by atoms with Crippen molar-refractivity contribution >= 4 is 28.1 Å². The molecule has 0 aliphatic rings. The molecule has 1 aromatic carbocycles. The summed E-state index contributed by atoms with van der Waals surface area (Å²) in [6.07, 6.45) is -1.67. The number of rotatable bonds is 9. The van der Waals surface area contributed by atoms with E-state index in [9.17, 15) is 22.8 Å². The summed E-state index contributed by atoms with van der Waals surface area (Å²) >= 11 is 0. The fraction of sp³-hybridized carbons (Fsp3) is 0.357. The van der Waals surface area contributed by atoms with Crippen molar-refractivity contribution in [1.29, 1.82) is 0 Å². The Bertz CT molecular complexity index is 702.